The third-order valence-corrected chi connectivity index (χ3v) is 2.02. The second-order valence-corrected chi connectivity index (χ2v) is 2.63. The first-order chi connectivity index (χ1) is 5.63. The second-order valence-electron chi connectivity index (χ2n) is 2.22. The predicted molar refractivity (Wildman–Crippen MR) is 49.7 cm³/mol. The van der Waals surface area contributed by atoms with Gasteiger partial charge >= 0.3 is 0 Å². The maximum atomic E-state index is 9.08. The van der Waals surface area contributed by atoms with Gasteiger partial charge in [-0.1, -0.05) is 25.4 Å². The Kier molecular flexibility index (Phi) is 4.67. The predicted octanol–water partition coefficient (Wildman–Crippen LogP) is 2.51. The third-order valence-electron chi connectivity index (χ3n) is 1.61. The fourth-order valence-electron chi connectivity index (χ4n) is 0.717. The molecule has 1 heterocycles. The van der Waals surface area contributed by atoms with Crippen LogP contribution in [0.5, 0.6) is 0 Å². The zero-order chi connectivity index (χ0) is 9.72. The number of halogens is 1. The molecule has 1 rings (SSSR count). The van der Waals surface area contributed by atoms with Crippen molar-refractivity contribution in [3.8, 4) is 0 Å². The number of pyridine rings is 1. The van der Waals surface area contributed by atoms with Crippen molar-refractivity contribution in [3.63, 3.8) is 0 Å². The first-order valence-electron chi connectivity index (χ1n) is 3.99. The Hall–Kier alpha value is -0.760. The summed E-state index contributed by atoms with van der Waals surface area (Å²) in [5, 5.41) is 9.77. The number of nitrogens with zero attached hydrogens (tertiary/aromatic N) is 1. The highest BCUT2D eigenvalue weighted by Crippen LogP contribution is 2.13. The Morgan fingerprint density at radius 1 is 1.33 bits per heavy atom. The molecule has 0 amide bonds. The zero-order valence-corrected chi connectivity index (χ0v) is 8.68. The van der Waals surface area contributed by atoms with Gasteiger partial charge in [0.2, 0.25) is 11.9 Å². The van der Waals surface area contributed by atoms with E-state index in [0.29, 0.717) is 5.02 Å². The fourth-order valence-corrected chi connectivity index (χ4v) is 0.911. The highest BCUT2D eigenvalue weighted by molar-refractivity contribution is 6.31. The smallest absolute Gasteiger partial charge is 0.235 e. The molecular weight excluding hydrogens is 174 g/mol. The minimum Gasteiger partial charge on any atom is -0.285 e. The molecule has 3 heteroatoms. The topological polar surface area (TPSA) is 24.1 Å². The van der Waals surface area contributed by atoms with Gasteiger partial charge in [0.1, 0.15) is 0 Å². The van der Waals surface area contributed by atoms with Gasteiger partial charge in [0.15, 0.2) is 0 Å². The van der Waals surface area contributed by atoms with Crippen LogP contribution in [0, 0.1) is 13.8 Å². The van der Waals surface area contributed by atoms with Crippen LogP contribution in [0.1, 0.15) is 25.1 Å². The van der Waals surface area contributed by atoms with Crippen molar-refractivity contribution in [1.29, 1.82) is 0 Å². The van der Waals surface area contributed by atoms with Crippen molar-refractivity contribution in [2.24, 2.45) is 0 Å². The normalized spacial score (nSPS) is 8.75. The largest absolute Gasteiger partial charge is 0.285 e. The molecule has 0 atom stereocenters. The van der Waals surface area contributed by atoms with E-state index in [4.69, 9.17) is 16.8 Å². The molecule has 0 fully saturated rings. The molecule has 0 aliphatic carbocycles. The van der Waals surface area contributed by atoms with E-state index < -0.39 is 0 Å². The quantitative estimate of drug-likeness (QED) is 0.491. The summed E-state index contributed by atoms with van der Waals surface area (Å²) in [6.45, 7) is 7.67. The maximum Gasteiger partial charge on any atom is 0.235 e. The first kappa shape index (κ1) is 11.2. The van der Waals surface area contributed by atoms with Gasteiger partial charge < -0.3 is 0 Å². The van der Waals surface area contributed by atoms with Crippen LogP contribution >= 0.6 is 11.6 Å². The van der Waals surface area contributed by atoms with Crippen molar-refractivity contribution >= 4 is 11.6 Å². The Morgan fingerprint density at radius 2 is 1.83 bits per heavy atom. The Bertz CT molecular complexity index is 234. The highest BCUT2D eigenvalue weighted by atomic mass is 35.5. The van der Waals surface area contributed by atoms with Crippen LogP contribution in [0.3, 0.4) is 0 Å². The molecule has 0 aliphatic rings. The first-order valence-corrected chi connectivity index (χ1v) is 4.37. The molecule has 0 aromatic carbocycles. The van der Waals surface area contributed by atoms with Crippen molar-refractivity contribution in [3.05, 3.63) is 28.5 Å². The molecule has 1 aromatic rings. The summed E-state index contributed by atoms with van der Waals surface area (Å²) in [5.74, 6) is 0. The molecule has 0 saturated heterocycles. The Labute approximate surface area is 78.4 Å². The van der Waals surface area contributed by atoms with Crippen molar-refractivity contribution < 1.29 is 9.94 Å². The van der Waals surface area contributed by atoms with Crippen LogP contribution < -0.4 is 4.73 Å². The van der Waals surface area contributed by atoms with E-state index in [1.54, 1.807) is 13.0 Å². The van der Waals surface area contributed by atoms with Crippen LogP contribution in [-0.2, 0) is 0 Å². The van der Waals surface area contributed by atoms with Gasteiger partial charge in [-0.25, -0.2) is 0 Å². The van der Waals surface area contributed by atoms with Crippen molar-refractivity contribution in [2.45, 2.75) is 27.7 Å². The molecule has 68 valence electrons. The van der Waals surface area contributed by atoms with Crippen molar-refractivity contribution in [1.82, 2.24) is 0 Å². The summed E-state index contributed by atoms with van der Waals surface area (Å²) < 4.78 is 1.06. The summed E-state index contributed by atoms with van der Waals surface area (Å²) in [5.41, 5.74) is 1.68. The van der Waals surface area contributed by atoms with E-state index in [1.165, 1.54) is 6.20 Å². The fraction of sp³-hybridized carbons (Fsp3) is 0.444. The molecule has 1 N–H and O–H groups in total. The van der Waals surface area contributed by atoms with E-state index in [0.717, 1.165) is 16.0 Å². The minimum atomic E-state index is 0.683. The molecule has 0 unspecified atom stereocenters. The maximum absolute atomic E-state index is 9.08. The lowest BCUT2D eigenvalue weighted by Gasteiger charge is -1.95. The standard InChI is InChI=1S/C7H9ClNO.C2H6/c1-5-6(2)9(10)4-3-7(5)8;1-2/h3-4,10H,1-2H3;1-2H3/q+1;. The van der Waals surface area contributed by atoms with Gasteiger partial charge in [0.05, 0.1) is 5.02 Å². The van der Waals surface area contributed by atoms with Crippen LogP contribution in [0.15, 0.2) is 12.3 Å². The molecule has 0 spiro atoms. The summed E-state index contributed by atoms with van der Waals surface area (Å²) >= 11 is 5.76. The lowest BCUT2D eigenvalue weighted by atomic mass is 10.2. The van der Waals surface area contributed by atoms with Gasteiger partial charge in [0, 0.05) is 23.3 Å². The van der Waals surface area contributed by atoms with Gasteiger partial charge in [0.25, 0.3) is 0 Å². The molecular formula is C9H15ClNO+. The average molecular weight is 189 g/mol. The molecule has 1 aromatic heterocycles. The molecule has 0 radical (unpaired) electrons. The van der Waals surface area contributed by atoms with E-state index in [2.05, 4.69) is 0 Å². The van der Waals surface area contributed by atoms with E-state index in [1.807, 2.05) is 20.8 Å². The van der Waals surface area contributed by atoms with Gasteiger partial charge in [-0.3, -0.25) is 5.21 Å². The van der Waals surface area contributed by atoms with Gasteiger partial charge in [-0.2, -0.15) is 0 Å². The Morgan fingerprint density at radius 3 is 2.25 bits per heavy atom. The van der Waals surface area contributed by atoms with Crippen LogP contribution in [0.2, 0.25) is 5.02 Å². The number of hydrogen-bond acceptors (Lipinski definition) is 1. The SMILES string of the molecule is CC.Cc1c(Cl)cc[n+](O)c1C. The van der Waals surface area contributed by atoms with E-state index in [-0.39, 0.29) is 0 Å². The molecule has 12 heavy (non-hydrogen) atoms. The van der Waals surface area contributed by atoms with Crippen molar-refractivity contribution in [2.75, 3.05) is 0 Å². The van der Waals surface area contributed by atoms with Gasteiger partial charge in [-0.05, 0) is 6.92 Å². The monoisotopic (exact) mass is 188 g/mol. The average Bonchev–Trinajstić information content (AvgIpc) is 2.12. The summed E-state index contributed by atoms with van der Waals surface area (Å²) in [7, 11) is 0. The number of aromatic nitrogens is 1. The van der Waals surface area contributed by atoms with Crippen LogP contribution in [-0.4, -0.2) is 5.21 Å². The second kappa shape index (κ2) is 4.99. The van der Waals surface area contributed by atoms with E-state index in [9.17, 15) is 0 Å². The van der Waals surface area contributed by atoms with Gasteiger partial charge in [-0.15, -0.1) is 0 Å². The summed E-state index contributed by atoms with van der Waals surface area (Å²) in [4.78, 5) is 0. The lowest BCUT2D eigenvalue weighted by molar-refractivity contribution is -0.909. The summed E-state index contributed by atoms with van der Waals surface area (Å²) in [6, 6.07) is 1.66. The minimum absolute atomic E-state index is 0.683. The van der Waals surface area contributed by atoms with E-state index >= 15 is 0 Å². The molecule has 0 aliphatic heterocycles. The lowest BCUT2D eigenvalue weighted by Crippen LogP contribution is -2.33. The van der Waals surface area contributed by atoms with Crippen LogP contribution in [0.25, 0.3) is 0 Å². The number of hydrogen-bond donors (Lipinski definition) is 1. The summed E-state index contributed by atoms with van der Waals surface area (Å²) in [6.07, 6.45) is 1.52. The third kappa shape index (κ3) is 2.38. The molecule has 2 nitrogen and oxygen atoms in total. The molecule has 0 bridgehead atoms. The highest BCUT2D eigenvalue weighted by Gasteiger charge is 2.09. The molecule has 0 saturated carbocycles. The Balaban J connectivity index is 0.000000561. The van der Waals surface area contributed by atoms with Crippen LogP contribution in [0.4, 0.5) is 0 Å². The number of rotatable bonds is 0. The zero-order valence-electron chi connectivity index (χ0n) is 7.93.